The monoisotopic (exact) mass is 409 g/mol. The Kier molecular flexibility index (Phi) is 6.56. The molecule has 1 fully saturated rings. The van der Waals surface area contributed by atoms with E-state index < -0.39 is 0 Å². The van der Waals surface area contributed by atoms with Crippen LogP contribution >= 0.6 is 0 Å². The Morgan fingerprint density at radius 3 is 2.80 bits per heavy atom. The molecule has 2 N–H and O–H groups in total. The smallest absolute Gasteiger partial charge is 0.252 e. The van der Waals surface area contributed by atoms with Crippen molar-refractivity contribution in [1.82, 2.24) is 15.2 Å². The highest BCUT2D eigenvalue weighted by Crippen LogP contribution is 2.29. The summed E-state index contributed by atoms with van der Waals surface area (Å²) in [6.45, 7) is 5.62. The number of pyridine rings is 1. The number of benzene rings is 1. The average molecular weight is 409 g/mol. The molecular weight excluding hydrogens is 382 g/mol. The molecule has 4 rings (SSSR count). The number of hydrogen-bond acceptors (Lipinski definition) is 6. The van der Waals surface area contributed by atoms with Gasteiger partial charge in [-0.1, -0.05) is 30.3 Å². The summed E-state index contributed by atoms with van der Waals surface area (Å²) < 4.78 is 5.35. The molecule has 0 unspecified atom stereocenters. The van der Waals surface area contributed by atoms with E-state index in [1.807, 2.05) is 30.3 Å². The Hall–Kier alpha value is -2.97. The molecule has 0 atom stereocenters. The summed E-state index contributed by atoms with van der Waals surface area (Å²) in [6, 6.07) is 11.5. The molecule has 3 heterocycles. The van der Waals surface area contributed by atoms with Crippen LogP contribution in [0.25, 0.3) is 0 Å². The summed E-state index contributed by atoms with van der Waals surface area (Å²) in [7, 11) is 0. The van der Waals surface area contributed by atoms with E-state index in [1.165, 1.54) is 0 Å². The third kappa shape index (κ3) is 4.95. The number of amides is 2. The van der Waals surface area contributed by atoms with Gasteiger partial charge in [-0.2, -0.15) is 0 Å². The molecule has 8 heteroatoms. The van der Waals surface area contributed by atoms with Crippen LogP contribution < -0.4 is 15.5 Å². The van der Waals surface area contributed by atoms with Gasteiger partial charge < -0.3 is 20.3 Å². The van der Waals surface area contributed by atoms with Gasteiger partial charge in [-0.05, 0) is 24.6 Å². The van der Waals surface area contributed by atoms with Crippen molar-refractivity contribution in [3.8, 4) is 0 Å². The maximum Gasteiger partial charge on any atom is 0.252 e. The Morgan fingerprint density at radius 2 is 2.00 bits per heavy atom. The number of morpholine rings is 1. The van der Waals surface area contributed by atoms with Crippen molar-refractivity contribution < 1.29 is 14.3 Å². The molecule has 1 aromatic heterocycles. The van der Waals surface area contributed by atoms with Gasteiger partial charge in [0.1, 0.15) is 0 Å². The van der Waals surface area contributed by atoms with E-state index in [1.54, 1.807) is 17.2 Å². The molecule has 0 saturated carbocycles. The molecule has 158 valence electrons. The largest absolute Gasteiger partial charge is 0.379 e. The van der Waals surface area contributed by atoms with E-state index in [4.69, 9.17) is 4.74 Å². The molecule has 8 nitrogen and oxygen atoms in total. The fourth-order valence-corrected chi connectivity index (χ4v) is 3.68. The first-order valence-corrected chi connectivity index (χ1v) is 10.4. The minimum atomic E-state index is -0.176. The fraction of sp³-hybridized carbons (Fsp3) is 0.409. The average Bonchev–Trinajstić information content (AvgIpc) is 2.79. The van der Waals surface area contributed by atoms with Crippen molar-refractivity contribution in [2.45, 2.75) is 13.0 Å². The molecule has 0 aliphatic carbocycles. The molecule has 0 radical (unpaired) electrons. The van der Waals surface area contributed by atoms with Crippen molar-refractivity contribution in [3.05, 3.63) is 53.7 Å². The number of anilines is 2. The lowest BCUT2D eigenvalue weighted by Crippen LogP contribution is -2.40. The molecule has 2 aromatic rings. The lowest BCUT2D eigenvalue weighted by atomic mass is 10.1. The molecular formula is C22H27N5O3. The second kappa shape index (κ2) is 9.69. The Bertz CT molecular complexity index is 884. The van der Waals surface area contributed by atoms with Crippen LogP contribution in [0, 0.1) is 0 Å². The number of ether oxygens (including phenoxy) is 1. The normalized spacial score (nSPS) is 16.7. The van der Waals surface area contributed by atoms with Crippen molar-refractivity contribution in [1.29, 1.82) is 0 Å². The summed E-state index contributed by atoms with van der Waals surface area (Å²) >= 11 is 0. The number of carbonyl (C=O) groups is 2. The van der Waals surface area contributed by atoms with Gasteiger partial charge in [0.2, 0.25) is 5.91 Å². The highest BCUT2D eigenvalue weighted by atomic mass is 16.5. The van der Waals surface area contributed by atoms with Crippen molar-refractivity contribution in [2.75, 3.05) is 56.2 Å². The lowest BCUT2D eigenvalue weighted by Gasteiger charge is -2.29. The maximum atomic E-state index is 12.6. The number of nitrogens with one attached hydrogen (secondary N) is 2. The van der Waals surface area contributed by atoms with Gasteiger partial charge >= 0.3 is 0 Å². The van der Waals surface area contributed by atoms with Crippen LogP contribution in [-0.2, 0) is 16.1 Å². The summed E-state index contributed by atoms with van der Waals surface area (Å²) in [5, 5.41) is 5.99. The van der Waals surface area contributed by atoms with Crippen molar-refractivity contribution in [2.24, 2.45) is 0 Å². The lowest BCUT2D eigenvalue weighted by molar-refractivity contribution is -0.117. The highest BCUT2D eigenvalue weighted by Gasteiger charge is 2.26. The third-order valence-electron chi connectivity index (χ3n) is 5.35. The predicted molar refractivity (Wildman–Crippen MR) is 115 cm³/mol. The molecule has 2 aliphatic heterocycles. The van der Waals surface area contributed by atoms with Crippen molar-refractivity contribution >= 4 is 23.3 Å². The number of fused-ring (bicyclic) bond motifs is 1. The van der Waals surface area contributed by atoms with Crippen LogP contribution in [0.1, 0.15) is 22.3 Å². The van der Waals surface area contributed by atoms with E-state index in [2.05, 4.69) is 20.5 Å². The van der Waals surface area contributed by atoms with Crippen LogP contribution in [0.3, 0.4) is 0 Å². The fourth-order valence-electron chi connectivity index (χ4n) is 3.68. The maximum absolute atomic E-state index is 12.6. The van der Waals surface area contributed by atoms with Crippen molar-refractivity contribution in [3.63, 3.8) is 0 Å². The summed E-state index contributed by atoms with van der Waals surface area (Å²) in [4.78, 5) is 33.6. The first kappa shape index (κ1) is 20.3. The van der Waals surface area contributed by atoms with Crippen LogP contribution in [0.2, 0.25) is 0 Å². The summed E-state index contributed by atoms with van der Waals surface area (Å²) in [5.74, 6) is 0.399. The topological polar surface area (TPSA) is 86.8 Å². The van der Waals surface area contributed by atoms with Crippen LogP contribution in [0.4, 0.5) is 11.5 Å². The van der Waals surface area contributed by atoms with Gasteiger partial charge in [-0.25, -0.2) is 4.98 Å². The van der Waals surface area contributed by atoms with Crippen LogP contribution in [-0.4, -0.2) is 67.6 Å². The zero-order valence-corrected chi connectivity index (χ0v) is 17.0. The Morgan fingerprint density at radius 1 is 1.20 bits per heavy atom. The molecule has 1 aromatic carbocycles. The standard InChI is InChI=1S/C22H27N5O3/c28-20-15-25-21-19(27(20)16-17-5-2-1-3-6-17)13-18(14-24-21)22(29)23-7-4-8-26-9-11-30-12-10-26/h1-3,5-6,13-14H,4,7-12,15-16H2,(H,23,29)(H,24,25). The van der Waals surface area contributed by atoms with Crippen LogP contribution in [0.5, 0.6) is 0 Å². The minimum absolute atomic E-state index is 0.0452. The molecule has 0 bridgehead atoms. The Balaban J connectivity index is 1.39. The van der Waals surface area contributed by atoms with Gasteiger partial charge in [0.05, 0.1) is 37.6 Å². The van der Waals surface area contributed by atoms with E-state index in [0.717, 1.165) is 44.8 Å². The number of carbonyl (C=O) groups excluding carboxylic acids is 2. The zero-order valence-electron chi connectivity index (χ0n) is 17.0. The number of rotatable bonds is 7. The van der Waals surface area contributed by atoms with Crippen LogP contribution in [0.15, 0.2) is 42.6 Å². The quantitative estimate of drug-likeness (QED) is 0.674. The summed E-state index contributed by atoms with van der Waals surface area (Å²) in [6.07, 6.45) is 2.43. The van der Waals surface area contributed by atoms with E-state index in [-0.39, 0.29) is 18.4 Å². The summed E-state index contributed by atoms with van der Waals surface area (Å²) in [5.41, 5.74) is 2.11. The molecule has 2 aliphatic rings. The van der Waals surface area contributed by atoms with Gasteiger partial charge in [0, 0.05) is 25.8 Å². The number of hydrogen-bond donors (Lipinski definition) is 2. The van der Waals surface area contributed by atoms with E-state index in [9.17, 15) is 9.59 Å². The third-order valence-corrected chi connectivity index (χ3v) is 5.35. The van der Waals surface area contributed by atoms with Gasteiger partial charge in [0.25, 0.3) is 5.91 Å². The molecule has 0 spiro atoms. The van der Waals surface area contributed by atoms with Gasteiger partial charge in [0.15, 0.2) is 5.82 Å². The second-order valence-electron chi connectivity index (χ2n) is 7.47. The van der Waals surface area contributed by atoms with E-state index >= 15 is 0 Å². The molecule has 30 heavy (non-hydrogen) atoms. The van der Waals surface area contributed by atoms with Gasteiger partial charge in [-0.15, -0.1) is 0 Å². The Labute approximate surface area is 176 Å². The SMILES string of the molecule is O=C(NCCCN1CCOCC1)c1cnc2c(c1)N(Cc1ccccc1)C(=O)CN2. The first-order chi connectivity index (χ1) is 14.7. The number of nitrogens with zero attached hydrogens (tertiary/aromatic N) is 3. The zero-order chi connectivity index (χ0) is 20.8. The minimum Gasteiger partial charge on any atom is -0.379 e. The van der Waals surface area contributed by atoms with E-state index in [0.29, 0.717) is 30.2 Å². The molecule has 2 amide bonds. The first-order valence-electron chi connectivity index (χ1n) is 10.4. The molecule has 1 saturated heterocycles. The number of aromatic nitrogens is 1. The highest BCUT2D eigenvalue weighted by molar-refractivity contribution is 6.04. The predicted octanol–water partition coefficient (Wildman–Crippen LogP) is 1.49. The second-order valence-corrected chi connectivity index (χ2v) is 7.47. The van der Waals surface area contributed by atoms with Gasteiger partial charge in [-0.3, -0.25) is 14.5 Å².